The summed E-state index contributed by atoms with van der Waals surface area (Å²) in [7, 11) is 0. The summed E-state index contributed by atoms with van der Waals surface area (Å²) in [6.45, 7) is 8.29. The number of hydrogen-bond acceptors (Lipinski definition) is 2. The maximum atomic E-state index is 6.23. The second-order valence-electron chi connectivity index (χ2n) is 4.66. The van der Waals surface area contributed by atoms with E-state index >= 15 is 0 Å². The lowest BCUT2D eigenvalue weighted by Gasteiger charge is -2.15. The zero-order valence-corrected chi connectivity index (χ0v) is 12.4. The highest BCUT2D eigenvalue weighted by Gasteiger charge is 2.07. The van der Waals surface area contributed by atoms with E-state index in [1.54, 1.807) is 0 Å². The summed E-state index contributed by atoms with van der Waals surface area (Å²) >= 11 is 6.23. The number of hydrogen-bond donors (Lipinski definition) is 1. The summed E-state index contributed by atoms with van der Waals surface area (Å²) in [5.41, 5.74) is 1.20. The van der Waals surface area contributed by atoms with Crippen LogP contribution >= 0.6 is 11.6 Å². The zero-order chi connectivity index (χ0) is 13.4. The van der Waals surface area contributed by atoms with Gasteiger partial charge in [-0.3, -0.25) is 0 Å². The number of halogens is 1. The molecule has 0 amide bonds. The molecule has 102 valence electrons. The third kappa shape index (κ3) is 5.28. The largest absolute Gasteiger partial charge is 0.489 e. The second-order valence-corrected chi connectivity index (χ2v) is 5.07. The van der Waals surface area contributed by atoms with E-state index in [1.807, 2.05) is 12.1 Å². The molecule has 0 saturated heterocycles. The molecule has 0 heterocycles. The molecule has 0 fully saturated rings. The highest BCUT2D eigenvalue weighted by atomic mass is 35.5. The number of ether oxygens (including phenoxy) is 1. The first-order valence-electron chi connectivity index (χ1n) is 6.83. The topological polar surface area (TPSA) is 21.3 Å². The standard InChI is InChI=1S/C15H24ClNO/c1-4-6-12(3)18-15-8-7-13(10-14(15)16)11-17-9-5-2/h7-8,10,12,17H,4-6,9,11H2,1-3H3. The first kappa shape index (κ1) is 15.3. The van der Waals surface area contributed by atoms with Gasteiger partial charge in [-0.25, -0.2) is 0 Å². The lowest BCUT2D eigenvalue weighted by Crippen LogP contribution is -2.14. The quantitative estimate of drug-likeness (QED) is 0.706. The SMILES string of the molecule is CCCNCc1ccc(OC(C)CCC)c(Cl)c1. The number of benzene rings is 1. The molecule has 0 spiro atoms. The molecule has 1 aromatic carbocycles. The first-order chi connectivity index (χ1) is 8.67. The predicted octanol–water partition coefficient (Wildman–Crippen LogP) is 4.41. The molecule has 1 unspecified atom stereocenters. The van der Waals surface area contributed by atoms with Gasteiger partial charge in [-0.15, -0.1) is 0 Å². The maximum Gasteiger partial charge on any atom is 0.138 e. The molecule has 0 aliphatic heterocycles. The maximum absolute atomic E-state index is 6.23. The van der Waals surface area contributed by atoms with Crippen molar-refractivity contribution < 1.29 is 4.74 Å². The van der Waals surface area contributed by atoms with Crippen molar-refractivity contribution in [3.05, 3.63) is 28.8 Å². The summed E-state index contributed by atoms with van der Waals surface area (Å²) in [6, 6.07) is 6.03. The van der Waals surface area contributed by atoms with E-state index in [9.17, 15) is 0 Å². The predicted molar refractivity (Wildman–Crippen MR) is 78.4 cm³/mol. The van der Waals surface area contributed by atoms with Gasteiger partial charge in [0, 0.05) is 6.54 Å². The third-order valence-electron chi connectivity index (χ3n) is 2.78. The minimum Gasteiger partial charge on any atom is -0.489 e. The van der Waals surface area contributed by atoms with Gasteiger partial charge in [0.05, 0.1) is 11.1 Å². The molecule has 0 radical (unpaired) electrons. The fourth-order valence-electron chi connectivity index (χ4n) is 1.84. The molecular formula is C15H24ClNO. The normalized spacial score (nSPS) is 12.4. The highest BCUT2D eigenvalue weighted by Crippen LogP contribution is 2.27. The van der Waals surface area contributed by atoms with Crippen molar-refractivity contribution in [3.8, 4) is 5.75 Å². The van der Waals surface area contributed by atoms with Crippen LogP contribution in [0, 0.1) is 0 Å². The van der Waals surface area contributed by atoms with Crippen LogP contribution in [0.1, 0.15) is 45.6 Å². The van der Waals surface area contributed by atoms with Gasteiger partial charge in [0.15, 0.2) is 0 Å². The summed E-state index contributed by atoms with van der Waals surface area (Å²) in [5, 5.41) is 4.06. The van der Waals surface area contributed by atoms with Crippen LogP contribution in [0.25, 0.3) is 0 Å². The van der Waals surface area contributed by atoms with Crippen LogP contribution in [-0.2, 0) is 6.54 Å². The minimum atomic E-state index is 0.219. The highest BCUT2D eigenvalue weighted by molar-refractivity contribution is 6.32. The number of rotatable bonds is 8. The van der Waals surface area contributed by atoms with Crippen molar-refractivity contribution in [1.82, 2.24) is 5.32 Å². The van der Waals surface area contributed by atoms with E-state index in [0.29, 0.717) is 5.02 Å². The van der Waals surface area contributed by atoms with Crippen molar-refractivity contribution in [2.45, 2.75) is 52.7 Å². The van der Waals surface area contributed by atoms with Crippen LogP contribution in [0.5, 0.6) is 5.75 Å². The van der Waals surface area contributed by atoms with E-state index in [1.165, 1.54) is 5.56 Å². The molecule has 0 aromatic heterocycles. The Balaban J connectivity index is 2.56. The van der Waals surface area contributed by atoms with E-state index < -0.39 is 0 Å². The van der Waals surface area contributed by atoms with Gasteiger partial charge in [-0.1, -0.05) is 37.9 Å². The van der Waals surface area contributed by atoms with Crippen molar-refractivity contribution in [2.75, 3.05) is 6.54 Å². The Morgan fingerprint density at radius 1 is 1.28 bits per heavy atom. The Hall–Kier alpha value is -0.730. The van der Waals surface area contributed by atoms with Crippen molar-refractivity contribution in [1.29, 1.82) is 0 Å². The molecule has 1 atom stereocenters. The van der Waals surface area contributed by atoms with E-state index in [0.717, 1.165) is 38.1 Å². The zero-order valence-electron chi connectivity index (χ0n) is 11.6. The lowest BCUT2D eigenvalue weighted by molar-refractivity contribution is 0.210. The van der Waals surface area contributed by atoms with E-state index in [-0.39, 0.29) is 6.10 Å². The average molecular weight is 270 g/mol. The smallest absolute Gasteiger partial charge is 0.138 e. The number of nitrogens with one attached hydrogen (secondary N) is 1. The Morgan fingerprint density at radius 3 is 2.67 bits per heavy atom. The van der Waals surface area contributed by atoms with Crippen LogP contribution in [0.4, 0.5) is 0 Å². The summed E-state index contributed by atoms with van der Waals surface area (Å²) < 4.78 is 5.81. The third-order valence-corrected chi connectivity index (χ3v) is 3.07. The first-order valence-corrected chi connectivity index (χ1v) is 7.21. The minimum absolute atomic E-state index is 0.219. The molecule has 2 nitrogen and oxygen atoms in total. The van der Waals surface area contributed by atoms with Gasteiger partial charge >= 0.3 is 0 Å². The van der Waals surface area contributed by atoms with Gasteiger partial charge in [0.1, 0.15) is 5.75 Å². The fraction of sp³-hybridized carbons (Fsp3) is 0.600. The molecule has 1 aromatic rings. The average Bonchev–Trinajstić information content (AvgIpc) is 2.33. The van der Waals surface area contributed by atoms with E-state index in [4.69, 9.17) is 16.3 Å². The summed E-state index contributed by atoms with van der Waals surface area (Å²) in [6.07, 6.45) is 3.54. The monoisotopic (exact) mass is 269 g/mol. The Bertz CT molecular complexity index is 354. The van der Waals surface area contributed by atoms with Gasteiger partial charge in [-0.2, -0.15) is 0 Å². The van der Waals surface area contributed by atoms with Gasteiger partial charge < -0.3 is 10.1 Å². The molecule has 1 N–H and O–H groups in total. The van der Waals surface area contributed by atoms with Crippen molar-refractivity contribution in [3.63, 3.8) is 0 Å². The van der Waals surface area contributed by atoms with Crippen LogP contribution < -0.4 is 10.1 Å². The van der Waals surface area contributed by atoms with Crippen LogP contribution in [-0.4, -0.2) is 12.6 Å². The molecule has 18 heavy (non-hydrogen) atoms. The lowest BCUT2D eigenvalue weighted by atomic mass is 10.2. The molecule has 1 rings (SSSR count). The Labute approximate surface area is 116 Å². The summed E-state index contributed by atoms with van der Waals surface area (Å²) in [5.74, 6) is 0.789. The molecular weight excluding hydrogens is 246 g/mol. The molecule has 0 bridgehead atoms. The van der Waals surface area contributed by atoms with Gasteiger partial charge in [0.2, 0.25) is 0 Å². The Morgan fingerprint density at radius 2 is 2.06 bits per heavy atom. The van der Waals surface area contributed by atoms with Crippen molar-refractivity contribution >= 4 is 11.6 Å². The van der Waals surface area contributed by atoms with Crippen LogP contribution in [0.2, 0.25) is 5.02 Å². The van der Waals surface area contributed by atoms with Gasteiger partial charge in [-0.05, 0) is 44.0 Å². The molecule has 0 saturated carbocycles. The van der Waals surface area contributed by atoms with Gasteiger partial charge in [0.25, 0.3) is 0 Å². The molecule has 0 aliphatic carbocycles. The fourth-order valence-corrected chi connectivity index (χ4v) is 2.09. The van der Waals surface area contributed by atoms with E-state index in [2.05, 4.69) is 32.2 Å². The Kier molecular flexibility index (Phi) is 7.14. The molecule has 0 aliphatic rings. The molecule has 3 heteroatoms. The second kappa shape index (κ2) is 8.39. The van der Waals surface area contributed by atoms with Crippen molar-refractivity contribution in [2.24, 2.45) is 0 Å². The van der Waals surface area contributed by atoms with Crippen LogP contribution in [0.15, 0.2) is 18.2 Å². The summed E-state index contributed by atoms with van der Waals surface area (Å²) in [4.78, 5) is 0. The van der Waals surface area contributed by atoms with Crippen LogP contribution in [0.3, 0.4) is 0 Å².